The molecule has 0 radical (unpaired) electrons. The Kier molecular flexibility index (Phi) is 4.50. The smallest absolute Gasteiger partial charge is 0.291 e. The highest BCUT2D eigenvalue weighted by molar-refractivity contribution is 7.99. The number of carbonyl (C=O) groups excluding carboxylic acids is 1. The molecule has 5 heteroatoms. The average molecular weight is 299 g/mol. The predicted octanol–water partition coefficient (Wildman–Crippen LogP) is 2.80. The average Bonchev–Trinajstić information content (AvgIpc) is 2.82. The van der Waals surface area contributed by atoms with Gasteiger partial charge in [-0.1, -0.05) is 30.3 Å². The molecule has 2 aromatic rings. The molecule has 108 valence electrons. The third-order valence-electron chi connectivity index (χ3n) is 3.56. The number of amides is 1. The summed E-state index contributed by atoms with van der Waals surface area (Å²) in [7, 11) is 0. The Hall–Kier alpha value is -1.88. The molecular formula is C16H17N3OS. The van der Waals surface area contributed by atoms with Crippen molar-refractivity contribution in [1.82, 2.24) is 14.9 Å². The maximum absolute atomic E-state index is 12.4. The van der Waals surface area contributed by atoms with Crippen LogP contribution in [0, 0.1) is 0 Å². The van der Waals surface area contributed by atoms with Gasteiger partial charge in [0.15, 0.2) is 0 Å². The van der Waals surface area contributed by atoms with Crippen molar-refractivity contribution < 1.29 is 4.79 Å². The molecule has 0 bridgehead atoms. The summed E-state index contributed by atoms with van der Waals surface area (Å²) in [5.41, 5.74) is 1.34. The Labute approximate surface area is 128 Å². The summed E-state index contributed by atoms with van der Waals surface area (Å²) in [5, 5.41) is 0.459. The predicted molar refractivity (Wildman–Crippen MR) is 84.2 cm³/mol. The number of thioether (sulfide) groups is 1. The maximum Gasteiger partial charge on any atom is 0.291 e. The molecule has 0 spiro atoms. The van der Waals surface area contributed by atoms with E-state index in [-0.39, 0.29) is 5.91 Å². The van der Waals surface area contributed by atoms with E-state index in [1.165, 1.54) is 5.56 Å². The van der Waals surface area contributed by atoms with Gasteiger partial charge in [0.1, 0.15) is 0 Å². The Morgan fingerprint density at radius 1 is 1.10 bits per heavy atom. The summed E-state index contributed by atoms with van der Waals surface area (Å²) >= 11 is 1.92. The first-order valence-corrected chi connectivity index (χ1v) is 8.12. The highest BCUT2D eigenvalue weighted by Crippen LogP contribution is 2.34. The topological polar surface area (TPSA) is 46.1 Å². The van der Waals surface area contributed by atoms with Crippen molar-refractivity contribution in [2.24, 2.45) is 0 Å². The number of hydrogen-bond donors (Lipinski definition) is 0. The fourth-order valence-electron chi connectivity index (χ4n) is 2.46. The summed E-state index contributed by atoms with van der Waals surface area (Å²) in [6, 6.07) is 12.2. The van der Waals surface area contributed by atoms with E-state index in [1.54, 1.807) is 18.5 Å². The first kappa shape index (κ1) is 14.1. The normalized spacial score (nSPS) is 19.0. The van der Waals surface area contributed by atoms with Crippen LogP contribution in [0.4, 0.5) is 0 Å². The van der Waals surface area contributed by atoms with Crippen LogP contribution in [0.3, 0.4) is 0 Å². The van der Waals surface area contributed by atoms with Gasteiger partial charge in [0.05, 0.1) is 0 Å². The first-order chi connectivity index (χ1) is 10.3. The Morgan fingerprint density at radius 3 is 2.62 bits per heavy atom. The van der Waals surface area contributed by atoms with Crippen molar-refractivity contribution in [2.75, 3.05) is 18.8 Å². The number of hydrogen-bond acceptors (Lipinski definition) is 4. The van der Waals surface area contributed by atoms with Gasteiger partial charge < -0.3 is 4.90 Å². The molecular weight excluding hydrogens is 282 g/mol. The third-order valence-corrected chi connectivity index (χ3v) is 4.89. The second kappa shape index (κ2) is 6.72. The molecule has 1 fully saturated rings. The minimum atomic E-state index is -0.0649. The number of benzene rings is 1. The van der Waals surface area contributed by atoms with Crippen LogP contribution in [0.5, 0.6) is 0 Å². The molecule has 1 saturated heterocycles. The molecule has 1 aliphatic heterocycles. The van der Waals surface area contributed by atoms with E-state index in [4.69, 9.17) is 0 Å². The SMILES string of the molecule is O=C(c1ncccn1)N1CCS[C@@H](c2ccccc2)CC1. The van der Waals surface area contributed by atoms with Crippen molar-refractivity contribution in [3.63, 3.8) is 0 Å². The van der Waals surface area contributed by atoms with Gasteiger partial charge in [0.2, 0.25) is 5.82 Å². The third kappa shape index (κ3) is 3.42. The quantitative estimate of drug-likeness (QED) is 0.855. The van der Waals surface area contributed by atoms with Gasteiger partial charge in [0.25, 0.3) is 5.91 Å². The lowest BCUT2D eigenvalue weighted by molar-refractivity contribution is 0.0754. The minimum Gasteiger partial charge on any atom is -0.335 e. The van der Waals surface area contributed by atoms with Crippen molar-refractivity contribution >= 4 is 17.7 Å². The number of nitrogens with zero attached hydrogens (tertiary/aromatic N) is 3. The summed E-state index contributed by atoms with van der Waals surface area (Å²) in [6.45, 7) is 1.51. The summed E-state index contributed by atoms with van der Waals surface area (Å²) < 4.78 is 0. The van der Waals surface area contributed by atoms with E-state index in [9.17, 15) is 4.79 Å². The number of aromatic nitrogens is 2. The zero-order valence-electron chi connectivity index (χ0n) is 11.7. The van der Waals surface area contributed by atoms with Crippen LogP contribution in [0.1, 0.15) is 27.9 Å². The fourth-order valence-corrected chi connectivity index (χ4v) is 3.69. The summed E-state index contributed by atoms with van der Waals surface area (Å²) in [6.07, 6.45) is 4.19. The first-order valence-electron chi connectivity index (χ1n) is 7.07. The zero-order valence-corrected chi connectivity index (χ0v) is 12.5. The number of carbonyl (C=O) groups is 1. The van der Waals surface area contributed by atoms with Crippen molar-refractivity contribution in [3.05, 3.63) is 60.2 Å². The lowest BCUT2D eigenvalue weighted by Crippen LogP contribution is -2.34. The van der Waals surface area contributed by atoms with Gasteiger partial charge in [-0.3, -0.25) is 4.79 Å². The minimum absolute atomic E-state index is 0.0649. The Balaban J connectivity index is 1.67. The molecule has 0 unspecified atom stereocenters. The summed E-state index contributed by atoms with van der Waals surface area (Å²) in [4.78, 5) is 22.4. The summed E-state index contributed by atoms with van der Waals surface area (Å²) in [5.74, 6) is 1.17. The molecule has 1 amide bonds. The van der Waals surface area contributed by atoms with Gasteiger partial charge in [-0.25, -0.2) is 9.97 Å². The van der Waals surface area contributed by atoms with E-state index < -0.39 is 0 Å². The van der Waals surface area contributed by atoms with Gasteiger partial charge in [-0.15, -0.1) is 0 Å². The van der Waals surface area contributed by atoms with Crippen LogP contribution < -0.4 is 0 Å². The standard InChI is InChI=1S/C16H17N3OS/c20-16(15-17-8-4-9-18-15)19-10-7-14(21-12-11-19)13-5-2-1-3-6-13/h1-6,8-9,14H,7,10-12H2/t14-/m1/s1. The molecule has 1 aliphatic rings. The molecule has 4 nitrogen and oxygen atoms in total. The number of rotatable bonds is 2. The largest absolute Gasteiger partial charge is 0.335 e. The molecule has 2 heterocycles. The molecule has 0 saturated carbocycles. The van der Waals surface area contributed by atoms with E-state index in [2.05, 4.69) is 34.2 Å². The van der Waals surface area contributed by atoms with E-state index in [1.807, 2.05) is 22.7 Å². The lowest BCUT2D eigenvalue weighted by Gasteiger charge is -2.19. The van der Waals surface area contributed by atoms with E-state index in [0.717, 1.165) is 25.3 Å². The van der Waals surface area contributed by atoms with Crippen LogP contribution in [0.15, 0.2) is 48.8 Å². The Morgan fingerprint density at radius 2 is 1.86 bits per heavy atom. The van der Waals surface area contributed by atoms with Gasteiger partial charge in [-0.2, -0.15) is 11.8 Å². The van der Waals surface area contributed by atoms with Crippen LogP contribution in [-0.4, -0.2) is 39.6 Å². The van der Waals surface area contributed by atoms with Gasteiger partial charge >= 0.3 is 0 Å². The maximum atomic E-state index is 12.4. The van der Waals surface area contributed by atoms with E-state index >= 15 is 0 Å². The Bertz CT molecular complexity index is 591. The second-order valence-electron chi connectivity index (χ2n) is 4.92. The molecule has 1 atom stereocenters. The van der Waals surface area contributed by atoms with Gasteiger partial charge in [0, 0.05) is 36.5 Å². The second-order valence-corrected chi connectivity index (χ2v) is 6.23. The van der Waals surface area contributed by atoms with E-state index in [0.29, 0.717) is 11.1 Å². The molecule has 0 N–H and O–H groups in total. The lowest BCUT2D eigenvalue weighted by atomic mass is 10.1. The molecule has 1 aromatic carbocycles. The highest BCUT2D eigenvalue weighted by Gasteiger charge is 2.23. The van der Waals surface area contributed by atoms with Crippen LogP contribution in [0.25, 0.3) is 0 Å². The van der Waals surface area contributed by atoms with Crippen LogP contribution in [0.2, 0.25) is 0 Å². The molecule has 21 heavy (non-hydrogen) atoms. The van der Waals surface area contributed by atoms with Crippen LogP contribution >= 0.6 is 11.8 Å². The van der Waals surface area contributed by atoms with Crippen LogP contribution in [-0.2, 0) is 0 Å². The fraction of sp³-hybridized carbons (Fsp3) is 0.312. The molecule has 0 aliphatic carbocycles. The monoisotopic (exact) mass is 299 g/mol. The zero-order chi connectivity index (χ0) is 14.5. The van der Waals surface area contributed by atoms with Crippen molar-refractivity contribution in [2.45, 2.75) is 11.7 Å². The van der Waals surface area contributed by atoms with Crippen molar-refractivity contribution in [1.29, 1.82) is 0 Å². The molecule has 1 aromatic heterocycles. The van der Waals surface area contributed by atoms with Crippen molar-refractivity contribution in [3.8, 4) is 0 Å². The molecule has 3 rings (SSSR count). The van der Waals surface area contributed by atoms with Gasteiger partial charge in [-0.05, 0) is 18.1 Å². The highest BCUT2D eigenvalue weighted by atomic mass is 32.2.